The summed E-state index contributed by atoms with van der Waals surface area (Å²) in [6.45, 7) is 6.71. The molecule has 1 aromatic heterocycles. The van der Waals surface area contributed by atoms with Crippen molar-refractivity contribution in [1.82, 2.24) is 47.2 Å². The summed E-state index contributed by atoms with van der Waals surface area (Å²) < 4.78 is 0. The molecule has 0 aliphatic heterocycles. The van der Waals surface area contributed by atoms with Gasteiger partial charge in [0.1, 0.15) is 36.3 Å². The molecule has 0 unspecified atom stereocenters. The first kappa shape index (κ1) is 58.0. The third-order valence-electron chi connectivity index (χ3n) is 10.6. The molecule has 9 atom stereocenters. The maximum Gasteiger partial charge on any atom is 0.278 e. The summed E-state index contributed by atoms with van der Waals surface area (Å²) >= 11 is 1.31. The van der Waals surface area contributed by atoms with Gasteiger partial charge < -0.3 is 78.6 Å². The van der Waals surface area contributed by atoms with Crippen LogP contribution in [0.1, 0.15) is 83.9 Å². The highest BCUT2D eigenvalue weighted by molar-refractivity contribution is 7.98. The van der Waals surface area contributed by atoms with Crippen molar-refractivity contribution < 1.29 is 69.9 Å². The molecule has 1 aromatic carbocycles. The number of imidazole rings is 1. The number of benzene rings is 1. The van der Waals surface area contributed by atoms with Crippen molar-refractivity contribution in [3.05, 3.63) is 54.1 Å². The van der Waals surface area contributed by atoms with Gasteiger partial charge in [0, 0.05) is 30.7 Å². The van der Waals surface area contributed by atoms with E-state index in [0.717, 1.165) is 6.42 Å². The Bertz CT molecular complexity index is 1960. The summed E-state index contributed by atoms with van der Waals surface area (Å²) in [7, 11) is 0. The van der Waals surface area contributed by atoms with Crippen molar-refractivity contribution in [3.63, 3.8) is 0 Å². The molecule has 23 nitrogen and oxygen atoms in total. The first-order chi connectivity index (χ1) is 32.2. The normalized spacial score (nSPS) is 15.1. The van der Waals surface area contributed by atoms with Gasteiger partial charge in [0.2, 0.25) is 35.4 Å². The number of carbonyl (C=O) groups excluding carboxylic acids is 9. The Morgan fingerprint density at radius 3 is 1.82 bits per heavy atom. The zero-order chi connectivity index (χ0) is 50.9. The Kier molecular flexibility index (Phi) is 25.9. The van der Waals surface area contributed by atoms with Crippen LogP contribution in [0.5, 0.6) is 0 Å². The molecule has 0 aliphatic carbocycles. The van der Waals surface area contributed by atoms with E-state index in [9.17, 15) is 58.5 Å². The van der Waals surface area contributed by atoms with Crippen LogP contribution in [0.25, 0.3) is 0 Å². The molecular weight excluding hydrogens is 907 g/mol. The van der Waals surface area contributed by atoms with Gasteiger partial charge in [0.05, 0.1) is 31.0 Å². The van der Waals surface area contributed by atoms with Gasteiger partial charge in [-0.1, -0.05) is 44.2 Å². The number of aromatic nitrogens is 2. The highest BCUT2D eigenvalue weighted by Crippen LogP contribution is 2.11. The van der Waals surface area contributed by atoms with E-state index in [1.807, 2.05) is 0 Å². The number of H-pyrrole nitrogens is 1. The molecule has 378 valence electrons. The highest BCUT2D eigenvalue weighted by Gasteiger charge is 2.35. The number of carboxylic acids is 2. The van der Waals surface area contributed by atoms with Crippen LogP contribution in [0, 0.1) is 5.92 Å². The van der Waals surface area contributed by atoms with Gasteiger partial charge in [-0.05, 0) is 82.3 Å². The highest BCUT2D eigenvalue weighted by atomic mass is 32.2. The van der Waals surface area contributed by atoms with E-state index >= 15 is 0 Å². The molecule has 2 rings (SSSR count). The molecule has 24 heteroatoms. The van der Waals surface area contributed by atoms with Gasteiger partial charge in [-0.2, -0.15) is 11.8 Å². The predicted molar refractivity (Wildman–Crippen MR) is 243 cm³/mol. The monoisotopic (exact) mass is 975 g/mol. The Hall–Kier alpha value is -6.11. The quantitative estimate of drug-likeness (QED) is 0.0305. The van der Waals surface area contributed by atoms with Crippen molar-refractivity contribution in [2.24, 2.45) is 5.92 Å². The number of carboxylic acid groups (broad SMARTS) is 2. The molecule has 7 amide bonds. The zero-order valence-electron chi connectivity index (χ0n) is 39.3. The smallest absolute Gasteiger partial charge is 0.278 e. The Labute approximate surface area is 399 Å². The standard InChI is InChI=1S/C44H69N11O12S/c1-24(2)19-32(41(63)49-25(3)37(59)54-34(44(66)67)20-27-11-7-6-8-12-27)53-43(65)36(26(4)56)55-40(62)31(16-18-68-5)51-39(61)30(14-15-35(57)58)50-42(64)33(21-28-22-47-23-48-28)52-38(60)29(46)13-9-10-17-45/h6-8,11-12,22-26,29-34,36,56H,9-10,13-21,45-46H2,1-5H3,(H,47,48)(H,49,63)(H,50,64)(H,51,61)(H,52,60)(H,53,65)(H,54,59)(H,55,62)(H,57,58)(H,66,67)/t25-,26+,29-,30-,31-,32-,33-,34-,36-/m0/s1. The molecule has 0 spiro atoms. The molecule has 0 bridgehead atoms. The van der Waals surface area contributed by atoms with Crippen LogP contribution in [0.4, 0.5) is 0 Å². The van der Waals surface area contributed by atoms with E-state index in [0.29, 0.717) is 30.6 Å². The third-order valence-corrected chi connectivity index (χ3v) is 11.2. The lowest BCUT2D eigenvalue weighted by Crippen LogP contribution is -2.69. The molecule has 1 heterocycles. The number of amides is 7. The second-order valence-electron chi connectivity index (χ2n) is 16.9. The first-order valence-corrected chi connectivity index (χ1v) is 23.9. The van der Waals surface area contributed by atoms with Crippen LogP contribution < -0.4 is 58.9 Å². The minimum absolute atomic E-state index is 0.0337. The largest absolute Gasteiger partial charge is 0.550 e. The number of carbonyl (C=O) groups is 9. The van der Waals surface area contributed by atoms with Crippen LogP contribution >= 0.6 is 11.8 Å². The number of unbranched alkanes of at least 4 members (excludes halogenated alkanes) is 1. The number of hydrogen-bond acceptors (Lipinski definition) is 14. The lowest BCUT2D eigenvalue weighted by Gasteiger charge is -2.29. The van der Waals surface area contributed by atoms with Crippen molar-refractivity contribution in [1.29, 1.82) is 0 Å². The summed E-state index contributed by atoms with van der Waals surface area (Å²) in [5.74, 6) is -8.97. The minimum atomic E-state index is -1.70. The van der Waals surface area contributed by atoms with Gasteiger partial charge in [-0.3, -0.25) is 33.6 Å². The maximum atomic E-state index is 13.9. The average molecular weight is 976 g/mol. The SMILES string of the molecule is CSCC[C@H](NC(=O)[C@H](CCC(=O)[O-])NC(=O)[C@H](Cc1cnc[nH]1)NC(=O)[C@@H]([NH3+])CCCC[NH3+])C(=O)N[C@H](C(=O)N[C@@H](CC(C)C)C(=O)N[C@@H](C)C(=O)N[C@@H](Cc1ccccc1)C(=O)[O-])[C@@H](C)O. The first-order valence-electron chi connectivity index (χ1n) is 22.5. The van der Waals surface area contributed by atoms with E-state index in [1.165, 1.54) is 38.1 Å². The number of hydrogen-bond donors (Lipinski definition) is 11. The number of thioether (sulfide) groups is 1. The molecule has 0 radical (unpaired) electrons. The van der Waals surface area contributed by atoms with E-state index in [-0.39, 0.29) is 37.4 Å². The van der Waals surface area contributed by atoms with Crippen LogP contribution in [0.15, 0.2) is 42.9 Å². The van der Waals surface area contributed by atoms with Gasteiger partial charge >= 0.3 is 0 Å². The topological polar surface area (TPSA) is 388 Å². The molecule has 0 saturated carbocycles. The number of aliphatic hydroxyl groups excluding tert-OH is 1. The number of rotatable bonds is 32. The maximum absolute atomic E-state index is 13.9. The van der Waals surface area contributed by atoms with E-state index in [2.05, 4.69) is 58.7 Å². The van der Waals surface area contributed by atoms with E-state index in [1.54, 1.807) is 50.4 Å². The van der Waals surface area contributed by atoms with E-state index < -0.39 is 121 Å². The Morgan fingerprint density at radius 1 is 0.691 bits per heavy atom. The summed E-state index contributed by atoms with van der Waals surface area (Å²) in [4.78, 5) is 125. The fraction of sp³-hybridized carbons (Fsp3) is 0.591. The number of aliphatic carboxylic acids is 2. The fourth-order valence-corrected chi connectivity index (χ4v) is 7.21. The van der Waals surface area contributed by atoms with Crippen molar-refractivity contribution in [2.45, 2.75) is 140 Å². The molecule has 0 aliphatic rings. The van der Waals surface area contributed by atoms with Crippen molar-refractivity contribution in [2.75, 3.05) is 18.6 Å². The zero-order valence-corrected chi connectivity index (χ0v) is 40.1. The lowest BCUT2D eigenvalue weighted by atomic mass is 10.0. The molecule has 0 fully saturated rings. The third kappa shape index (κ3) is 21.2. The second-order valence-corrected chi connectivity index (χ2v) is 17.9. The number of nitrogens with zero attached hydrogens (tertiary/aromatic N) is 1. The summed E-state index contributed by atoms with van der Waals surface area (Å²) in [6.07, 6.45) is 3.51. The fourth-order valence-electron chi connectivity index (χ4n) is 6.74. The van der Waals surface area contributed by atoms with Crippen molar-refractivity contribution >= 4 is 65.1 Å². The number of nitrogens with one attached hydrogen (secondary N) is 8. The van der Waals surface area contributed by atoms with E-state index in [4.69, 9.17) is 0 Å². The summed E-state index contributed by atoms with van der Waals surface area (Å²) in [5, 5.41) is 51.6. The van der Waals surface area contributed by atoms with Gasteiger partial charge in [0.25, 0.3) is 5.91 Å². The molecule has 0 saturated heterocycles. The van der Waals surface area contributed by atoms with Gasteiger partial charge in [-0.15, -0.1) is 0 Å². The number of aromatic amines is 1. The number of quaternary nitrogens is 2. The van der Waals surface area contributed by atoms with Crippen LogP contribution in [-0.2, 0) is 56.0 Å². The molecule has 15 N–H and O–H groups in total. The minimum Gasteiger partial charge on any atom is -0.550 e. The van der Waals surface area contributed by atoms with Crippen LogP contribution in [0.2, 0.25) is 0 Å². The van der Waals surface area contributed by atoms with Gasteiger partial charge in [0.15, 0.2) is 6.04 Å². The summed E-state index contributed by atoms with van der Waals surface area (Å²) in [5.41, 5.74) is 8.76. The molecule has 68 heavy (non-hydrogen) atoms. The van der Waals surface area contributed by atoms with Crippen molar-refractivity contribution in [3.8, 4) is 0 Å². The average Bonchev–Trinajstić information content (AvgIpc) is 3.80. The summed E-state index contributed by atoms with van der Waals surface area (Å²) in [6, 6.07) is -2.16. The molecule has 2 aromatic rings. The molecular formula is C44H69N11O12S. The number of aliphatic hydroxyl groups is 1. The predicted octanol–water partition coefficient (Wildman–Crippen LogP) is -5.91. The van der Waals surface area contributed by atoms with Crippen LogP contribution in [-0.4, -0.2) is 141 Å². The lowest BCUT2D eigenvalue weighted by molar-refractivity contribution is -0.406. The Balaban J connectivity index is 2.27. The Morgan fingerprint density at radius 2 is 1.26 bits per heavy atom. The second kappa shape index (κ2) is 30.3. The van der Waals surface area contributed by atoms with Crippen LogP contribution in [0.3, 0.4) is 0 Å². The van der Waals surface area contributed by atoms with Gasteiger partial charge in [-0.25, -0.2) is 4.98 Å².